The van der Waals surface area contributed by atoms with Crippen LogP contribution in [0, 0.1) is 10.1 Å². The topological polar surface area (TPSA) is 82.8 Å². The fourth-order valence-electron chi connectivity index (χ4n) is 2.65. The first-order valence-electron chi connectivity index (χ1n) is 8.97. The SMILES string of the molecule is C=CCNC(=NCc1ccc([N+](=O)[O-])cc1)NCCN(C(C)C)C(C)C. The molecule has 0 aliphatic rings. The summed E-state index contributed by atoms with van der Waals surface area (Å²) in [5.74, 6) is 0.704. The lowest BCUT2D eigenvalue weighted by molar-refractivity contribution is -0.384. The van der Waals surface area contributed by atoms with E-state index in [0.29, 0.717) is 31.1 Å². The number of nitrogens with one attached hydrogen (secondary N) is 2. The molecule has 7 nitrogen and oxygen atoms in total. The predicted octanol–water partition coefficient (Wildman–Crippen LogP) is 2.93. The Kier molecular flexibility index (Phi) is 9.36. The molecule has 1 rings (SSSR count). The smallest absolute Gasteiger partial charge is 0.269 e. The van der Waals surface area contributed by atoms with Crippen LogP contribution < -0.4 is 10.6 Å². The lowest BCUT2D eigenvalue weighted by Gasteiger charge is -2.30. The number of nitro groups is 1. The lowest BCUT2D eigenvalue weighted by atomic mass is 10.2. The summed E-state index contributed by atoms with van der Waals surface area (Å²) in [4.78, 5) is 17.3. The molecule has 26 heavy (non-hydrogen) atoms. The number of hydrogen-bond donors (Lipinski definition) is 2. The average Bonchev–Trinajstić information content (AvgIpc) is 2.59. The number of aliphatic imine (C=N–C) groups is 1. The fraction of sp³-hybridized carbons (Fsp3) is 0.526. The molecule has 0 saturated carbocycles. The molecule has 7 heteroatoms. The van der Waals surface area contributed by atoms with E-state index in [1.165, 1.54) is 12.1 Å². The third kappa shape index (κ3) is 7.65. The number of benzene rings is 1. The summed E-state index contributed by atoms with van der Waals surface area (Å²) in [6, 6.07) is 7.42. The number of nitro benzene ring substituents is 1. The minimum absolute atomic E-state index is 0.0864. The van der Waals surface area contributed by atoms with Gasteiger partial charge in [-0.25, -0.2) is 4.99 Å². The van der Waals surface area contributed by atoms with Crippen molar-refractivity contribution in [2.45, 2.75) is 46.3 Å². The number of hydrogen-bond acceptors (Lipinski definition) is 4. The third-order valence-corrected chi connectivity index (χ3v) is 3.97. The zero-order chi connectivity index (χ0) is 19.5. The van der Waals surface area contributed by atoms with Gasteiger partial charge in [0.05, 0.1) is 11.5 Å². The van der Waals surface area contributed by atoms with Crippen molar-refractivity contribution >= 4 is 11.6 Å². The molecule has 2 N–H and O–H groups in total. The van der Waals surface area contributed by atoms with Gasteiger partial charge in [-0.15, -0.1) is 6.58 Å². The van der Waals surface area contributed by atoms with Crippen LogP contribution in [0.5, 0.6) is 0 Å². The molecule has 0 saturated heterocycles. The van der Waals surface area contributed by atoms with Crippen LogP contribution >= 0.6 is 0 Å². The molecular weight excluding hydrogens is 330 g/mol. The van der Waals surface area contributed by atoms with Gasteiger partial charge in [-0.05, 0) is 33.3 Å². The first kappa shape index (κ1) is 21.6. The maximum Gasteiger partial charge on any atom is 0.269 e. The van der Waals surface area contributed by atoms with E-state index in [4.69, 9.17) is 0 Å². The van der Waals surface area contributed by atoms with Gasteiger partial charge in [0.15, 0.2) is 5.96 Å². The van der Waals surface area contributed by atoms with Crippen molar-refractivity contribution < 1.29 is 4.92 Å². The van der Waals surface area contributed by atoms with Crippen LogP contribution in [0.3, 0.4) is 0 Å². The van der Waals surface area contributed by atoms with E-state index in [0.717, 1.165) is 18.7 Å². The Balaban J connectivity index is 2.65. The highest BCUT2D eigenvalue weighted by atomic mass is 16.6. The molecule has 1 aromatic rings. The van der Waals surface area contributed by atoms with Gasteiger partial charge in [0.25, 0.3) is 5.69 Å². The summed E-state index contributed by atoms with van der Waals surface area (Å²) < 4.78 is 0. The highest BCUT2D eigenvalue weighted by molar-refractivity contribution is 5.79. The highest BCUT2D eigenvalue weighted by Gasteiger charge is 2.12. The van der Waals surface area contributed by atoms with Crippen molar-refractivity contribution in [2.24, 2.45) is 4.99 Å². The van der Waals surface area contributed by atoms with Gasteiger partial charge in [-0.3, -0.25) is 15.0 Å². The summed E-state index contributed by atoms with van der Waals surface area (Å²) in [5.41, 5.74) is 1.00. The molecule has 0 aliphatic carbocycles. The van der Waals surface area contributed by atoms with Crippen molar-refractivity contribution in [1.82, 2.24) is 15.5 Å². The van der Waals surface area contributed by atoms with Crippen LogP contribution in [0.25, 0.3) is 0 Å². The standard InChI is InChI=1S/C19H31N5O2/c1-6-11-20-19(21-12-13-23(15(2)3)16(4)5)22-14-17-7-9-18(10-8-17)24(25)26/h6-10,15-16H,1,11-14H2,2-5H3,(H2,20,21,22). The average molecular weight is 361 g/mol. The Bertz CT molecular complexity index is 588. The summed E-state index contributed by atoms with van der Waals surface area (Å²) in [6.45, 7) is 15.2. The maximum atomic E-state index is 10.7. The Labute approximate surface area is 156 Å². The molecule has 1 aromatic carbocycles. The zero-order valence-corrected chi connectivity index (χ0v) is 16.2. The molecule has 0 unspecified atom stereocenters. The van der Waals surface area contributed by atoms with Crippen LogP contribution in [0.4, 0.5) is 5.69 Å². The Hall–Kier alpha value is -2.41. The lowest BCUT2D eigenvalue weighted by Crippen LogP contribution is -2.45. The van der Waals surface area contributed by atoms with Gasteiger partial charge in [-0.2, -0.15) is 0 Å². The molecule has 0 heterocycles. The zero-order valence-electron chi connectivity index (χ0n) is 16.2. The van der Waals surface area contributed by atoms with Gasteiger partial charge < -0.3 is 10.6 Å². The van der Waals surface area contributed by atoms with E-state index in [2.05, 4.69) is 54.8 Å². The maximum absolute atomic E-state index is 10.7. The molecule has 0 fully saturated rings. The molecule has 0 spiro atoms. The van der Waals surface area contributed by atoms with Crippen molar-refractivity contribution in [3.05, 3.63) is 52.6 Å². The van der Waals surface area contributed by atoms with Crippen LogP contribution in [-0.2, 0) is 6.54 Å². The second-order valence-electron chi connectivity index (χ2n) is 6.61. The summed E-state index contributed by atoms with van der Waals surface area (Å²) >= 11 is 0. The van der Waals surface area contributed by atoms with E-state index in [1.807, 2.05) is 0 Å². The predicted molar refractivity (Wildman–Crippen MR) is 107 cm³/mol. The number of non-ortho nitro benzene ring substituents is 1. The molecule has 0 bridgehead atoms. The molecule has 0 aliphatic heterocycles. The van der Waals surface area contributed by atoms with Gasteiger partial charge in [0.1, 0.15) is 0 Å². The number of nitrogens with zero attached hydrogens (tertiary/aromatic N) is 3. The van der Waals surface area contributed by atoms with Crippen molar-refractivity contribution in [2.75, 3.05) is 19.6 Å². The molecule has 0 aromatic heterocycles. The fourth-order valence-corrected chi connectivity index (χ4v) is 2.65. The Morgan fingerprint density at radius 2 is 1.85 bits per heavy atom. The normalized spacial score (nSPS) is 11.9. The van der Waals surface area contributed by atoms with E-state index in [-0.39, 0.29) is 5.69 Å². The first-order chi connectivity index (χ1) is 12.3. The van der Waals surface area contributed by atoms with Gasteiger partial charge >= 0.3 is 0 Å². The van der Waals surface area contributed by atoms with Crippen molar-refractivity contribution in [1.29, 1.82) is 0 Å². The Morgan fingerprint density at radius 3 is 2.35 bits per heavy atom. The number of rotatable bonds is 10. The molecular formula is C19H31N5O2. The third-order valence-electron chi connectivity index (χ3n) is 3.97. The van der Waals surface area contributed by atoms with Gasteiger partial charge in [-0.1, -0.05) is 18.2 Å². The summed E-state index contributed by atoms with van der Waals surface area (Å²) in [5, 5.41) is 17.2. The largest absolute Gasteiger partial charge is 0.355 e. The van der Waals surface area contributed by atoms with Gasteiger partial charge in [0.2, 0.25) is 0 Å². The molecule has 0 radical (unpaired) electrons. The minimum atomic E-state index is -0.402. The second-order valence-corrected chi connectivity index (χ2v) is 6.61. The molecule has 0 atom stereocenters. The second kappa shape index (κ2) is 11.3. The summed E-state index contributed by atoms with van der Waals surface area (Å²) in [6.07, 6.45) is 1.78. The number of guanidine groups is 1. The van der Waals surface area contributed by atoms with E-state index < -0.39 is 4.92 Å². The van der Waals surface area contributed by atoms with E-state index >= 15 is 0 Å². The minimum Gasteiger partial charge on any atom is -0.355 e. The molecule has 0 amide bonds. The summed E-state index contributed by atoms with van der Waals surface area (Å²) in [7, 11) is 0. The monoisotopic (exact) mass is 361 g/mol. The van der Waals surface area contributed by atoms with Crippen molar-refractivity contribution in [3.63, 3.8) is 0 Å². The van der Waals surface area contributed by atoms with Crippen LogP contribution in [-0.4, -0.2) is 47.5 Å². The quantitative estimate of drug-likeness (QED) is 0.220. The van der Waals surface area contributed by atoms with Gasteiger partial charge in [0, 0.05) is 43.9 Å². The highest BCUT2D eigenvalue weighted by Crippen LogP contribution is 2.12. The Morgan fingerprint density at radius 1 is 1.23 bits per heavy atom. The van der Waals surface area contributed by atoms with Crippen molar-refractivity contribution in [3.8, 4) is 0 Å². The van der Waals surface area contributed by atoms with Crippen LogP contribution in [0.2, 0.25) is 0 Å². The molecule has 144 valence electrons. The van der Waals surface area contributed by atoms with E-state index in [9.17, 15) is 10.1 Å². The van der Waals surface area contributed by atoms with Crippen LogP contribution in [0.15, 0.2) is 41.9 Å². The van der Waals surface area contributed by atoms with Crippen LogP contribution in [0.1, 0.15) is 33.3 Å². The first-order valence-corrected chi connectivity index (χ1v) is 8.97. The van der Waals surface area contributed by atoms with E-state index in [1.54, 1.807) is 18.2 Å².